The van der Waals surface area contributed by atoms with Crippen molar-refractivity contribution in [1.29, 1.82) is 0 Å². The average molecular weight is 365 g/mol. The normalized spacial score (nSPS) is 10.3. The second-order valence-electron chi connectivity index (χ2n) is 6.13. The molecule has 0 unspecified atom stereocenters. The molecule has 0 fully saturated rings. The molecule has 1 amide bonds. The molecule has 27 heavy (non-hydrogen) atoms. The molecule has 2 N–H and O–H groups in total. The molecule has 1 aromatic heterocycles. The first kappa shape index (κ1) is 18.3. The van der Waals surface area contributed by atoms with E-state index in [4.69, 9.17) is 0 Å². The van der Waals surface area contributed by atoms with Crippen LogP contribution in [-0.4, -0.2) is 30.0 Å². The van der Waals surface area contributed by atoms with E-state index in [1.807, 2.05) is 43.3 Å². The number of carbonyl (C=O) groups excluding carboxylic acids is 1. The van der Waals surface area contributed by atoms with Crippen molar-refractivity contribution in [3.05, 3.63) is 78.0 Å². The van der Waals surface area contributed by atoms with Crippen molar-refractivity contribution in [2.24, 2.45) is 0 Å². The first-order chi connectivity index (χ1) is 13.0. The fraction of sp³-hybridized carbons (Fsp3) is 0.150. The summed E-state index contributed by atoms with van der Waals surface area (Å²) < 4.78 is 13.7. The molecule has 2 aromatic carbocycles. The lowest BCUT2D eigenvalue weighted by Crippen LogP contribution is -2.15. The van der Waals surface area contributed by atoms with Gasteiger partial charge >= 0.3 is 0 Å². The lowest BCUT2D eigenvalue weighted by atomic mass is 10.2. The number of halogens is 1. The zero-order valence-electron chi connectivity index (χ0n) is 15.1. The van der Waals surface area contributed by atoms with Crippen molar-refractivity contribution >= 4 is 23.1 Å². The predicted molar refractivity (Wildman–Crippen MR) is 104 cm³/mol. The van der Waals surface area contributed by atoms with E-state index in [0.717, 1.165) is 5.69 Å². The van der Waals surface area contributed by atoms with Crippen LogP contribution in [-0.2, 0) is 6.54 Å². The van der Waals surface area contributed by atoms with Crippen molar-refractivity contribution in [3.63, 3.8) is 0 Å². The zero-order valence-corrected chi connectivity index (χ0v) is 15.1. The van der Waals surface area contributed by atoms with Gasteiger partial charge in [-0.1, -0.05) is 18.2 Å². The fourth-order valence-electron chi connectivity index (χ4n) is 2.44. The largest absolute Gasteiger partial charge is 0.378 e. The Balaban J connectivity index is 1.65. The van der Waals surface area contributed by atoms with Crippen LogP contribution in [0.5, 0.6) is 0 Å². The minimum Gasteiger partial charge on any atom is -0.378 e. The molecular formula is C20H20FN5O. The highest BCUT2D eigenvalue weighted by atomic mass is 19.1. The summed E-state index contributed by atoms with van der Waals surface area (Å²) >= 11 is 0. The van der Waals surface area contributed by atoms with Gasteiger partial charge in [-0.2, -0.15) is 0 Å². The van der Waals surface area contributed by atoms with E-state index in [-0.39, 0.29) is 24.0 Å². The standard InChI is InChI=1S/C20H20FN5O/c1-26(2)16-9-7-15(8-10-16)25-20(27)18-11-19(24-13-23-18)22-12-14-5-3-4-6-17(14)21/h3-11,13H,12H2,1-2H3,(H,25,27)(H,22,23,24). The molecule has 3 aromatic rings. The number of rotatable bonds is 6. The van der Waals surface area contributed by atoms with Gasteiger partial charge in [0.05, 0.1) is 0 Å². The van der Waals surface area contributed by atoms with Gasteiger partial charge in [-0.25, -0.2) is 14.4 Å². The number of amides is 1. The highest BCUT2D eigenvalue weighted by Crippen LogP contribution is 2.17. The number of benzene rings is 2. The summed E-state index contributed by atoms with van der Waals surface area (Å²) in [6, 6.07) is 15.5. The van der Waals surface area contributed by atoms with Crippen molar-refractivity contribution < 1.29 is 9.18 Å². The monoisotopic (exact) mass is 365 g/mol. The topological polar surface area (TPSA) is 70.2 Å². The van der Waals surface area contributed by atoms with Gasteiger partial charge in [0.25, 0.3) is 5.91 Å². The molecule has 1 heterocycles. The van der Waals surface area contributed by atoms with Gasteiger partial charge in [0.2, 0.25) is 0 Å². The van der Waals surface area contributed by atoms with Crippen LogP contribution in [0.15, 0.2) is 60.9 Å². The van der Waals surface area contributed by atoms with E-state index in [1.165, 1.54) is 18.5 Å². The van der Waals surface area contributed by atoms with E-state index >= 15 is 0 Å². The van der Waals surface area contributed by atoms with Crippen molar-refractivity contribution in [1.82, 2.24) is 9.97 Å². The summed E-state index contributed by atoms with van der Waals surface area (Å²) in [5, 5.41) is 5.80. The quantitative estimate of drug-likeness (QED) is 0.699. The molecular weight excluding hydrogens is 345 g/mol. The van der Waals surface area contributed by atoms with Crippen LogP contribution in [0.4, 0.5) is 21.6 Å². The Labute approximate surface area is 157 Å². The van der Waals surface area contributed by atoms with Gasteiger partial charge in [-0.15, -0.1) is 0 Å². The highest BCUT2D eigenvalue weighted by molar-refractivity contribution is 6.03. The number of nitrogens with zero attached hydrogens (tertiary/aromatic N) is 3. The molecule has 138 valence electrons. The van der Waals surface area contributed by atoms with E-state index in [9.17, 15) is 9.18 Å². The number of hydrogen-bond donors (Lipinski definition) is 2. The molecule has 6 nitrogen and oxygen atoms in total. The summed E-state index contributed by atoms with van der Waals surface area (Å²) in [5.41, 5.74) is 2.44. The molecule has 0 saturated carbocycles. The molecule has 0 radical (unpaired) electrons. The minimum atomic E-state index is -0.344. The molecule has 0 bridgehead atoms. The molecule has 0 saturated heterocycles. The maximum atomic E-state index is 13.7. The van der Waals surface area contributed by atoms with Crippen LogP contribution in [0.3, 0.4) is 0 Å². The van der Waals surface area contributed by atoms with Gasteiger partial charge in [0, 0.05) is 43.6 Å². The lowest BCUT2D eigenvalue weighted by Gasteiger charge is -2.13. The second kappa shape index (κ2) is 8.27. The minimum absolute atomic E-state index is 0.220. The van der Waals surface area contributed by atoms with Crippen LogP contribution in [0.1, 0.15) is 16.1 Å². The maximum Gasteiger partial charge on any atom is 0.274 e. The fourth-order valence-corrected chi connectivity index (χ4v) is 2.44. The van der Waals surface area contributed by atoms with Gasteiger partial charge in [0.15, 0.2) is 0 Å². The lowest BCUT2D eigenvalue weighted by molar-refractivity contribution is 0.102. The van der Waals surface area contributed by atoms with Crippen molar-refractivity contribution in [2.45, 2.75) is 6.54 Å². The van der Waals surface area contributed by atoms with E-state index in [2.05, 4.69) is 20.6 Å². The molecule has 0 aliphatic heterocycles. The predicted octanol–water partition coefficient (Wildman–Crippen LogP) is 3.55. The van der Waals surface area contributed by atoms with Crippen molar-refractivity contribution in [3.8, 4) is 0 Å². The van der Waals surface area contributed by atoms with Crippen molar-refractivity contribution in [2.75, 3.05) is 29.6 Å². The number of anilines is 3. The number of carbonyl (C=O) groups is 1. The van der Waals surface area contributed by atoms with Gasteiger partial charge in [-0.3, -0.25) is 4.79 Å². The summed E-state index contributed by atoms with van der Waals surface area (Å²) in [6.07, 6.45) is 1.30. The Kier molecular flexibility index (Phi) is 5.61. The van der Waals surface area contributed by atoms with Crippen LogP contribution >= 0.6 is 0 Å². The van der Waals surface area contributed by atoms with Gasteiger partial charge < -0.3 is 15.5 Å². The Bertz CT molecular complexity index is 928. The Hall–Kier alpha value is -3.48. The second-order valence-corrected chi connectivity index (χ2v) is 6.13. The summed E-state index contributed by atoms with van der Waals surface area (Å²) in [5.74, 6) is -0.191. The zero-order chi connectivity index (χ0) is 19.2. The Morgan fingerprint density at radius 3 is 2.52 bits per heavy atom. The molecule has 3 rings (SSSR count). The third kappa shape index (κ3) is 4.78. The van der Waals surface area contributed by atoms with Crippen LogP contribution < -0.4 is 15.5 Å². The SMILES string of the molecule is CN(C)c1ccc(NC(=O)c2cc(NCc3ccccc3F)ncn2)cc1. The third-order valence-corrected chi connectivity index (χ3v) is 3.96. The number of hydrogen-bond acceptors (Lipinski definition) is 5. The molecule has 0 spiro atoms. The molecule has 7 heteroatoms. The number of nitrogens with one attached hydrogen (secondary N) is 2. The first-order valence-electron chi connectivity index (χ1n) is 8.41. The van der Waals surface area contributed by atoms with Gasteiger partial charge in [-0.05, 0) is 30.3 Å². The van der Waals surface area contributed by atoms with Crippen LogP contribution in [0, 0.1) is 5.82 Å². The summed E-state index contributed by atoms with van der Waals surface area (Å²) in [7, 11) is 3.90. The molecule has 0 aliphatic carbocycles. The van der Waals surface area contributed by atoms with Crippen LogP contribution in [0.25, 0.3) is 0 Å². The smallest absolute Gasteiger partial charge is 0.274 e. The van der Waals surface area contributed by atoms with Crippen LogP contribution in [0.2, 0.25) is 0 Å². The van der Waals surface area contributed by atoms with E-state index in [0.29, 0.717) is 17.1 Å². The summed E-state index contributed by atoms with van der Waals surface area (Å²) in [4.78, 5) is 22.5. The molecule has 0 aliphatic rings. The van der Waals surface area contributed by atoms with E-state index in [1.54, 1.807) is 18.2 Å². The van der Waals surface area contributed by atoms with E-state index < -0.39 is 0 Å². The highest BCUT2D eigenvalue weighted by Gasteiger charge is 2.10. The maximum absolute atomic E-state index is 13.7. The Morgan fingerprint density at radius 1 is 1.07 bits per heavy atom. The first-order valence-corrected chi connectivity index (χ1v) is 8.41. The molecule has 0 atom stereocenters. The Morgan fingerprint density at radius 2 is 1.81 bits per heavy atom. The van der Waals surface area contributed by atoms with Gasteiger partial charge in [0.1, 0.15) is 23.7 Å². The average Bonchev–Trinajstić information content (AvgIpc) is 2.68. The number of aromatic nitrogens is 2. The third-order valence-electron chi connectivity index (χ3n) is 3.96. The summed E-state index contributed by atoms with van der Waals surface area (Å²) in [6.45, 7) is 0.261.